The van der Waals surface area contributed by atoms with E-state index in [0.717, 1.165) is 11.3 Å². The SMILES string of the molecule is CCOc1ccccc1CCC(=O)NNC(=O)C(=O)NC(C)C. The van der Waals surface area contributed by atoms with E-state index in [-0.39, 0.29) is 18.4 Å². The number of rotatable bonds is 6. The molecular weight excluding hydrogens is 298 g/mol. The first-order valence-electron chi connectivity index (χ1n) is 7.54. The van der Waals surface area contributed by atoms with Crippen molar-refractivity contribution in [2.75, 3.05) is 6.61 Å². The third-order valence-electron chi connectivity index (χ3n) is 2.84. The summed E-state index contributed by atoms with van der Waals surface area (Å²) in [7, 11) is 0. The number of nitrogens with one attached hydrogen (secondary N) is 3. The van der Waals surface area contributed by atoms with Gasteiger partial charge in [-0.05, 0) is 38.8 Å². The van der Waals surface area contributed by atoms with Crippen molar-refractivity contribution < 1.29 is 19.1 Å². The zero-order valence-electron chi connectivity index (χ0n) is 13.6. The van der Waals surface area contributed by atoms with Gasteiger partial charge in [0.2, 0.25) is 5.91 Å². The van der Waals surface area contributed by atoms with Crippen molar-refractivity contribution in [3.63, 3.8) is 0 Å². The van der Waals surface area contributed by atoms with Crippen molar-refractivity contribution in [1.82, 2.24) is 16.2 Å². The Morgan fingerprint density at radius 1 is 1.09 bits per heavy atom. The standard InChI is InChI=1S/C16H23N3O4/c1-4-23-13-8-6-5-7-12(13)9-10-14(20)18-19-16(22)15(21)17-11(2)3/h5-8,11H,4,9-10H2,1-3H3,(H,17,21)(H,18,20)(H,19,22). The zero-order valence-corrected chi connectivity index (χ0v) is 13.6. The molecule has 7 nitrogen and oxygen atoms in total. The number of para-hydroxylation sites is 1. The monoisotopic (exact) mass is 321 g/mol. The highest BCUT2D eigenvalue weighted by Crippen LogP contribution is 2.19. The lowest BCUT2D eigenvalue weighted by Gasteiger charge is -2.11. The van der Waals surface area contributed by atoms with Gasteiger partial charge in [0.05, 0.1) is 6.61 Å². The van der Waals surface area contributed by atoms with Crippen LogP contribution >= 0.6 is 0 Å². The molecule has 0 fully saturated rings. The van der Waals surface area contributed by atoms with Gasteiger partial charge in [-0.25, -0.2) is 0 Å². The molecule has 0 atom stereocenters. The van der Waals surface area contributed by atoms with E-state index < -0.39 is 11.8 Å². The molecular formula is C16H23N3O4. The van der Waals surface area contributed by atoms with E-state index in [2.05, 4.69) is 16.2 Å². The summed E-state index contributed by atoms with van der Waals surface area (Å²) in [6, 6.07) is 7.30. The van der Waals surface area contributed by atoms with Crippen molar-refractivity contribution in [2.24, 2.45) is 0 Å². The molecule has 0 aromatic heterocycles. The predicted octanol–water partition coefficient (Wildman–Crippen LogP) is 0.690. The average Bonchev–Trinajstić information content (AvgIpc) is 2.51. The highest BCUT2D eigenvalue weighted by atomic mass is 16.5. The summed E-state index contributed by atoms with van der Waals surface area (Å²) in [5.74, 6) is -1.34. The molecule has 126 valence electrons. The van der Waals surface area contributed by atoms with E-state index in [4.69, 9.17) is 4.74 Å². The third-order valence-corrected chi connectivity index (χ3v) is 2.84. The van der Waals surface area contributed by atoms with Crippen LogP contribution in [0.25, 0.3) is 0 Å². The maximum absolute atomic E-state index is 11.7. The number of carbonyl (C=O) groups excluding carboxylic acids is 3. The minimum Gasteiger partial charge on any atom is -0.494 e. The van der Waals surface area contributed by atoms with Crippen LogP contribution in [0.15, 0.2) is 24.3 Å². The summed E-state index contributed by atoms with van der Waals surface area (Å²) in [6.07, 6.45) is 0.631. The topological polar surface area (TPSA) is 96.5 Å². The second kappa shape index (κ2) is 9.45. The molecule has 0 heterocycles. The Hall–Kier alpha value is -2.57. The van der Waals surface area contributed by atoms with E-state index in [1.807, 2.05) is 31.2 Å². The highest BCUT2D eigenvalue weighted by molar-refractivity contribution is 6.35. The Morgan fingerprint density at radius 3 is 2.43 bits per heavy atom. The number of carbonyl (C=O) groups is 3. The molecule has 1 aromatic rings. The number of hydrogen-bond acceptors (Lipinski definition) is 4. The van der Waals surface area contributed by atoms with E-state index in [9.17, 15) is 14.4 Å². The van der Waals surface area contributed by atoms with Gasteiger partial charge in [-0.3, -0.25) is 25.2 Å². The van der Waals surface area contributed by atoms with Gasteiger partial charge >= 0.3 is 11.8 Å². The van der Waals surface area contributed by atoms with Gasteiger partial charge in [-0.15, -0.1) is 0 Å². The van der Waals surface area contributed by atoms with Crippen molar-refractivity contribution >= 4 is 17.7 Å². The number of hydrogen-bond donors (Lipinski definition) is 3. The van der Waals surface area contributed by atoms with Crippen LogP contribution in [-0.2, 0) is 20.8 Å². The van der Waals surface area contributed by atoms with Crippen molar-refractivity contribution in [2.45, 2.75) is 39.7 Å². The molecule has 0 aliphatic carbocycles. The zero-order chi connectivity index (χ0) is 17.2. The van der Waals surface area contributed by atoms with Crippen LogP contribution in [0.4, 0.5) is 0 Å². The molecule has 7 heteroatoms. The number of ether oxygens (including phenoxy) is 1. The summed E-state index contributed by atoms with van der Waals surface area (Å²) in [5, 5.41) is 2.43. The number of hydrazine groups is 1. The van der Waals surface area contributed by atoms with Crippen LogP contribution in [0, 0.1) is 0 Å². The molecule has 0 saturated carbocycles. The Bertz CT molecular complexity index is 558. The first-order valence-corrected chi connectivity index (χ1v) is 7.54. The van der Waals surface area contributed by atoms with Crippen molar-refractivity contribution in [3.05, 3.63) is 29.8 Å². The quantitative estimate of drug-likeness (QED) is 0.530. The molecule has 0 bridgehead atoms. The van der Waals surface area contributed by atoms with Gasteiger partial charge in [-0.2, -0.15) is 0 Å². The Kier molecular flexibility index (Phi) is 7.59. The normalized spacial score (nSPS) is 10.1. The molecule has 1 aromatic carbocycles. The summed E-state index contributed by atoms with van der Waals surface area (Å²) < 4.78 is 5.48. The summed E-state index contributed by atoms with van der Waals surface area (Å²) in [5.41, 5.74) is 5.21. The van der Waals surface area contributed by atoms with Gasteiger partial charge in [0.15, 0.2) is 0 Å². The van der Waals surface area contributed by atoms with Crippen LogP contribution in [0.5, 0.6) is 5.75 Å². The van der Waals surface area contributed by atoms with Crippen molar-refractivity contribution in [1.29, 1.82) is 0 Å². The fraction of sp³-hybridized carbons (Fsp3) is 0.438. The number of amides is 3. The summed E-state index contributed by atoms with van der Waals surface area (Å²) in [4.78, 5) is 34.5. The molecule has 3 amide bonds. The molecule has 3 N–H and O–H groups in total. The van der Waals surface area contributed by atoms with Crippen LogP contribution in [0.1, 0.15) is 32.8 Å². The molecule has 0 saturated heterocycles. The molecule has 1 rings (SSSR count). The fourth-order valence-electron chi connectivity index (χ4n) is 1.83. The van der Waals surface area contributed by atoms with Crippen LogP contribution in [0.3, 0.4) is 0 Å². The Labute approximate surface area is 135 Å². The minimum absolute atomic E-state index is 0.154. The molecule has 0 aliphatic heterocycles. The largest absolute Gasteiger partial charge is 0.494 e. The smallest absolute Gasteiger partial charge is 0.327 e. The van der Waals surface area contributed by atoms with Crippen LogP contribution in [-0.4, -0.2) is 30.4 Å². The molecule has 0 radical (unpaired) electrons. The fourth-order valence-corrected chi connectivity index (χ4v) is 1.83. The number of aryl methyl sites for hydroxylation is 1. The Balaban J connectivity index is 2.40. The molecule has 0 spiro atoms. The van der Waals surface area contributed by atoms with Crippen LogP contribution in [0.2, 0.25) is 0 Å². The van der Waals surface area contributed by atoms with E-state index in [1.54, 1.807) is 13.8 Å². The predicted molar refractivity (Wildman–Crippen MR) is 85.5 cm³/mol. The van der Waals surface area contributed by atoms with Gasteiger partial charge in [-0.1, -0.05) is 18.2 Å². The van der Waals surface area contributed by atoms with Gasteiger partial charge < -0.3 is 10.1 Å². The van der Waals surface area contributed by atoms with Crippen LogP contribution < -0.4 is 20.9 Å². The molecule has 23 heavy (non-hydrogen) atoms. The highest BCUT2D eigenvalue weighted by Gasteiger charge is 2.15. The lowest BCUT2D eigenvalue weighted by atomic mass is 10.1. The molecule has 0 aliphatic rings. The average molecular weight is 321 g/mol. The molecule has 0 unspecified atom stereocenters. The van der Waals surface area contributed by atoms with E-state index in [1.165, 1.54) is 0 Å². The summed E-state index contributed by atoms with van der Waals surface area (Å²) in [6.45, 7) is 5.91. The number of benzene rings is 1. The minimum atomic E-state index is -0.901. The third kappa shape index (κ3) is 6.82. The second-order valence-electron chi connectivity index (χ2n) is 5.17. The Morgan fingerprint density at radius 2 is 1.78 bits per heavy atom. The maximum atomic E-state index is 11.7. The van der Waals surface area contributed by atoms with E-state index >= 15 is 0 Å². The van der Waals surface area contributed by atoms with Gasteiger partial charge in [0.1, 0.15) is 5.75 Å². The second-order valence-corrected chi connectivity index (χ2v) is 5.17. The van der Waals surface area contributed by atoms with E-state index in [0.29, 0.717) is 13.0 Å². The first-order chi connectivity index (χ1) is 10.9. The maximum Gasteiger partial charge on any atom is 0.327 e. The van der Waals surface area contributed by atoms with Gasteiger partial charge in [0, 0.05) is 12.5 Å². The van der Waals surface area contributed by atoms with Gasteiger partial charge in [0.25, 0.3) is 0 Å². The van der Waals surface area contributed by atoms with Crippen molar-refractivity contribution in [3.8, 4) is 5.75 Å². The lowest BCUT2D eigenvalue weighted by molar-refractivity contribution is -0.141. The summed E-state index contributed by atoms with van der Waals surface area (Å²) >= 11 is 0. The lowest BCUT2D eigenvalue weighted by Crippen LogP contribution is -2.49. The first kappa shape index (κ1) is 18.5.